The van der Waals surface area contributed by atoms with Crippen molar-refractivity contribution in [2.24, 2.45) is 11.8 Å². The molecule has 1 heteroatoms. The van der Waals surface area contributed by atoms with Crippen LogP contribution in [-0.4, -0.2) is 6.29 Å². The van der Waals surface area contributed by atoms with E-state index >= 15 is 0 Å². The fourth-order valence-electron chi connectivity index (χ4n) is 1.42. The molecule has 0 aliphatic rings. The maximum atomic E-state index is 10.2. The first-order valence-electron chi connectivity index (χ1n) is 4.67. The highest BCUT2D eigenvalue weighted by molar-refractivity contribution is 5.50. The summed E-state index contributed by atoms with van der Waals surface area (Å²) in [6.45, 7) is 8.64. The van der Waals surface area contributed by atoms with E-state index in [2.05, 4.69) is 33.8 Å². The van der Waals surface area contributed by atoms with Crippen molar-refractivity contribution in [2.45, 2.75) is 40.5 Å². The van der Waals surface area contributed by atoms with E-state index in [9.17, 15) is 4.79 Å². The van der Waals surface area contributed by atoms with Gasteiger partial charge in [-0.3, -0.25) is 0 Å². The first-order chi connectivity index (χ1) is 5.56. The third-order valence-corrected chi connectivity index (χ3v) is 1.77. The molecule has 0 N–H and O–H groups in total. The fourth-order valence-corrected chi connectivity index (χ4v) is 1.42. The zero-order valence-corrected chi connectivity index (χ0v) is 8.63. The van der Waals surface area contributed by atoms with Crippen molar-refractivity contribution in [3.63, 3.8) is 0 Å². The summed E-state index contributed by atoms with van der Waals surface area (Å²) in [6, 6.07) is 0. The topological polar surface area (TPSA) is 17.1 Å². The molecule has 0 aromatic heterocycles. The molecule has 0 saturated heterocycles. The van der Waals surface area contributed by atoms with Gasteiger partial charge in [0.15, 0.2) is 0 Å². The standard InChI is InChI=1S/C11H20O/c1-9(2)7-11(4)8-10(3)5-6-12/h6,8-10H,5,7H2,1-4H3. The van der Waals surface area contributed by atoms with Crippen LogP contribution in [0.4, 0.5) is 0 Å². The first kappa shape index (κ1) is 11.4. The minimum atomic E-state index is 0.404. The summed E-state index contributed by atoms with van der Waals surface area (Å²) >= 11 is 0. The quantitative estimate of drug-likeness (QED) is 0.455. The molecular formula is C11H20O. The smallest absolute Gasteiger partial charge is 0.120 e. The Balaban J connectivity index is 3.88. The molecule has 70 valence electrons. The average molecular weight is 168 g/mol. The Labute approximate surface area is 75.9 Å². The highest BCUT2D eigenvalue weighted by atomic mass is 16.1. The van der Waals surface area contributed by atoms with E-state index in [1.165, 1.54) is 5.57 Å². The van der Waals surface area contributed by atoms with Crippen LogP contribution in [0.1, 0.15) is 40.5 Å². The minimum Gasteiger partial charge on any atom is -0.303 e. The van der Waals surface area contributed by atoms with Crippen molar-refractivity contribution in [3.05, 3.63) is 11.6 Å². The summed E-state index contributed by atoms with van der Waals surface area (Å²) in [6.07, 6.45) is 4.98. The van der Waals surface area contributed by atoms with Crippen LogP contribution in [0.2, 0.25) is 0 Å². The molecule has 1 nitrogen and oxygen atoms in total. The largest absolute Gasteiger partial charge is 0.303 e. The molecule has 0 aromatic carbocycles. The lowest BCUT2D eigenvalue weighted by Gasteiger charge is -2.07. The van der Waals surface area contributed by atoms with Crippen LogP contribution >= 0.6 is 0 Å². The van der Waals surface area contributed by atoms with Crippen molar-refractivity contribution in [1.82, 2.24) is 0 Å². The van der Waals surface area contributed by atoms with Crippen LogP contribution in [0.3, 0.4) is 0 Å². The second kappa shape index (κ2) is 5.99. The van der Waals surface area contributed by atoms with E-state index in [0.717, 1.165) is 12.7 Å². The fraction of sp³-hybridized carbons (Fsp3) is 0.727. The second-order valence-electron chi connectivity index (χ2n) is 3.99. The predicted molar refractivity (Wildman–Crippen MR) is 53.1 cm³/mol. The summed E-state index contributed by atoms with van der Waals surface area (Å²) in [5, 5.41) is 0. The van der Waals surface area contributed by atoms with Gasteiger partial charge in [-0.2, -0.15) is 0 Å². The first-order valence-corrected chi connectivity index (χ1v) is 4.67. The Morgan fingerprint density at radius 1 is 1.33 bits per heavy atom. The van der Waals surface area contributed by atoms with Crippen molar-refractivity contribution in [2.75, 3.05) is 0 Å². The molecular weight excluding hydrogens is 148 g/mol. The predicted octanol–water partition coefficient (Wildman–Crippen LogP) is 3.20. The monoisotopic (exact) mass is 168 g/mol. The normalized spacial score (nSPS) is 14.9. The van der Waals surface area contributed by atoms with Gasteiger partial charge in [-0.25, -0.2) is 0 Å². The molecule has 1 atom stereocenters. The van der Waals surface area contributed by atoms with Crippen molar-refractivity contribution >= 4 is 6.29 Å². The third kappa shape index (κ3) is 6.14. The van der Waals surface area contributed by atoms with Crippen LogP contribution in [0.5, 0.6) is 0 Å². The third-order valence-electron chi connectivity index (χ3n) is 1.77. The lowest BCUT2D eigenvalue weighted by Crippen LogP contribution is -1.94. The average Bonchev–Trinajstić information content (AvgIpc) is 1.84. The second-order valence-corrected chi connectivity index (χ2v) is 3.99. The van der Waals surface area contributed by atoms with Crippen LogP contribution in [0.25, 0.3) is 0 Å². The Morgan fingerprint density at radius 3 is 2.33 bits per heavy atom. The summed E-state index contributed by atoms with van der Waals surface area (Å²) in [5.41, 5.74) is 1.40. The van der Waals surface area contributed by atoms with Crippen LogP contribution in [0, 0.1) is 11.8 Å². The van der Waals surface area contributed by atoms with E-state index < -0.39 is 0 Å². The summed E-state index contributed by atoms with van der Waals surface area (Å²) in [4.78, 5) is 10.2. The Bertz CT molecular complexity index is 156. The Kier molecular flexibility index (Phi) is 5.69. The van der Waals surface area contributed by atoms with E-state index in [1.54, 1.807) is 0 Å². The van der Waals surface area contributed by atoms with Gasteiger partial charge in [-0.1, -0.05) is 32.4 Å². The molecule has 0 aliphatic carbocycles. The van der Waals surface area contributed by atoms with Crippen molar-refractivity contribution < 1.29 is 4.79 Å². The lowest BCUT2D eigenvalue weighted by molar-refractivity contribution is -0.108. The summed E-state index contributed by atoms with van der Waals surface area (Å²) in [5.74, 6) is 1.12. The highest BCUT2D eigenvalue weighted by Gasteiger charge is 1.99. The molecule has 0 rings (SSSR count). The number of aldehydes is 1. The van der Waals surface area contributed by atoms with E-state index in [4.69, 9.17) is 0 Å². The van der Waals surface area contributed by atoms with Gasteiger partial charge in [-0.05, 0) is 25.2 Å². The molecule has 12 heavy (non-hydrogen) atoms. The summed E-state index contributed by atoms with van der Waals surface area (Å²) in [7, 11) is 0. The number of hydrogen-bond donors (Lipinski definition) is 0. The molecule has 0 spiro atoms. The van der Waals surface area contributed by atoms with E-state index in [0.29, 0.717) is 18.3 Å². The van der Waals surface area contributed by atoms with Crippen LogP contribution < -0.4 is 0 Å². The number of allylic oxidation sites excluding steroid dienone is 2. The number of carbonyl (C=O) groups excluding carboxylic acids is 1. The van der Waals surface area contributed by atoms with Gasteiger partial charge in [0.2, 0.25) is 0 Å². The zero-order chi connectivity index (χ0) is 9.56. The van der Waals surface area contributed by atoms with Crippen LogP contribution in [-0.2, 0) is 4.79 Å². The lowest BCUT2D eigenvalue weighted by atomic mass is 9.99. The molecule has 1 unspecified atom stereocenters. The minimum absolute atomic E-state index is 0.404. The van der Waals surface area contributed by atoms with Gasteiger partial charge in [0.05, 0.1) is 0 Å². The number of carbonyl (C=O) groups is 1. The van der Waals surface area contributed by atoms with Gasteiger partial charge in [0.1, 0.15) is 6.29 Å². The van der Waals surface area contributed by atoms with E-state index in [-0.39, 0.29) is 0 Å². The molecule has 0 heterocycles. The van der Waals surface area contributed by atoms with E-state index in [1.807, 2.05) is 0 Å². The maximum absolute atomic E-state index is 10.2. The number of hydrogen-bond acceptors (Lipinski definition) is 1. The van der Waals surface area contributed by atoms with Gasteiger partial charge in [-0.15, -0.1) is 0 Å². The van der Waals surface area contributed by atoms with Crippen molar-refractivity contribution in [3.8, 4) is 0 Å². The van der Waals surface area contributed by atoms with Gasteiger partial charge in [0.25, 0.3) is 0 Å². The Hall–Kier alpha value is -0.590. The van der Waals surface area contributed by atoms with Crippen molar-refractivity contribution in [1.29, 1.82) is 0 Å². The highest BCUT2D eigenvalue weighted by Crippen LogP contribution is 2.13. The molecule has 0 fully saturated rings. The molecule has 0 saturated carbocycles. The Morgan fingerprint density at radius 2 is 1.92 bits per heavy atom. The zero-order valence-electron chi connectivity index (χ0n) is 8.63. The maximum Gasteiger partial charge on any atom is 0.120 e. The number of rotatable bonds is 5. The van der Waals surface area contributed by atoms with Crippen LogP contribution in [0.15, 0.2) is 11.6 Å². The molecule has 0 aromatic rings. The molecule has 0 aliphatic heterocycles. The van der Waals surface area contributed by atoms with Gasteiger partial charge < -0.3 is 4.79 Å². The SMILES string of the molecule is CC(=CC(C)CC=O)CC(C)C. The van der Waals surface area contributed by atoms with Gasteiger partial charge >= 0.3 is 0 Å². The molecule has 0 bridgehead atoms. The van der Waals surface area contributed by atoms with Gasteiger partial charge in [0, 0.05) is 6.42 Å². The molecule has 0 amide bonds. The summed E-state index contributed by atoms with van der Waals surface area (Å²) < 4.78 is 0. The molecule has 0 radical (unpaired) electrons.